The molecule has 2 rings (SSSR count). The minimum absolute atomic E-state index is 0.0342. The van der Waals surface area contributed by atoms with E-state index < -0.39 is 11.6 Å². The van der Waals surface area contributed by atoms with Crippen molar-refractivity contribution in [2.75, 3.05) is 5.32 Å². The maximum absolute atomic E-state index is 13.5. The predicted octanol–water partition coefficient (Wildman–Crippen LogP) is 3.79. The molecule has 2 aromatic rings. The lowest BCUT2D eigenvalue weighted by molar-refractivity contribution is 0.613. The first-order valence-corrected chi connectivity index (χ1v) is 6.22. The molecule has 0 radical (unpaired) electrons. The first kappa shape index (κ1) is 13.9. The van der Waals surface area contributed by atoms with Gasteiger partial charge in [-0.05, 0) is 30.7 Å². The SMILES string of the molecule is CCC(Nc1cccc(F)c1C#N)c1ccc(F)cn1. The van der Waals surface area contributed by atoms with Crippen LogP contribution >= 0.6 is 0 Å². The van der Waals surface area contributed by atoms with Crippen LogP contribution in [0.2, 0.25) is 0 Å². The van der Waals surface area contributed by atoms with Crippen molar-refractivity contribution < 1.29 is 8.78 Å². The standard InChI is InChI=1S/C15H13F2N3/c1-2-13(15-7-6-10(16)9-19-15)20-14-5-3-4-12(17)11(14)8-18/h3-7,9,13,20H,2H2,1H3. The number of hydrogen-bond donors (Lipinski definition) is 1. The number of halogens is 2. The van der Waals surface area contributed by atoms with Gasteiger partial charge in [0.25, 0.3) is 0 Å². The maximum atomic E-state index is 13.5. The van der Waals surface area contributed by atoms with Crippen molar-refractivity contribution in [2.45, 2.75) is 19.4 Å². The molecule has 0 aliphatic carbocycles. The van der Waals surface area contributed by atoms with Crippen LogP contribution in [0.15, 0.2) is 36.5 Å². The molecule has 0 saturated carbocycles. The monoisotopic (exact) mass is 273 g/mol. The van der Waals surface area contributed by atoms with Crippen LogP contribution in [-0.2, 0) is 0 Å². The third-order valence-electron chi connectivity index (χ3n) is 2.97. The second-order valence-corrected chi connectivity index (χ2v) is 4.28. The normalized spacial score (nSPS) is 11.7. The fraction of sp³-hybridized carbons (Fsp3) is 0.200. The Morgan fingerprint density at radius 1 is 1.30 bits per heavy atom. The van der Waals surface area contributed by atoms with Gasteiger partial charge in [0, 0.05) is 0 Å². The van der Waals surface area contributed by atoms with E-state index in [1.54, 1.807) is 12.1 Å². The molecule has 20 heavy (non-hydrogen) atoms. The van der Waals surface area contributed by atoms with E-state index >= 15 is 0 Å². The molecular formula is C15H13F2N3. The van der Waals surface area contributed by atoms with E-state index in [0.29, 0.717) is 17.8 Å². The van der Waals surface area contributed by atoms with Crippen LogP contribution in [0.4, 0.5) is 14.5 Å². The molecule has 0 aliphatic heterocycles. The summed E-state index contributed by atoms with van der Waals surface area (Å²) in [7, 11) is 0. The van der Waals surface area contributed by atoms with Gasteiger partial charge >= 0.3 is 0 Å². The highest BCUT2D eigenvalue weighted by Crippen LogP contribution is 2.25. The molecule has 1 atom stereocenters. The van der Waals surface area contributed by atoms with Crippen LogP contribution in [0.3, 0.4) is 0 Å². The lowest BCUT2D eigenvalue weighted by atomic mass is 10.1. The lowest BCUT2D eigenvalue weighted by Crippen LogP contribution is -2.12. The minimum atomic E-state index is -0.570. The van der Waals surface area contributed by atoms with Gasteiger partial charge in [0.1, 0.15) is 23.3 Å². The number of pyridine rings is 1. The van der Waals surface area contributed by atoms with E-state index in [2.05, 4.69) is 10.3 Å². The summed E-state index contributed by atoms with van der Waals surface area (Å²) < 4.78 is 26.4. The highest BCUT2D eigenvalue weighted by Gasteiger charge is 2.14. The molecule has 0 aliphatic rings. The Bertz CT molecular complexity index is 633. The third-order valence-corrected chi connectivity index (χ3v) is 2.97. The lowest BCUT2D eigenvalue weighted by Gasteiger charge is -2.18. The van der Waals surface area contributed by atoms with Crippen LogP contribution in [0.1, 0.15) is 30.6 Å². The second-order valence-electron chi connectivity index (χ2n) is 4.28. The fourth-order valence-electron chi connectivity index (χ4n) is 1.92. The van der Waals surface area contributed by atoms with Crippen LogP contribution in [0.5, 0.6) is 0 Å². The average molecular weight is 273 g/mol. The van der Waals surface area contributed by atoms with Crippen LogP contribution in [0, 0.1) is 23.0 Å². The third kappa shape index (κ3) is 2.91. The van der Waals surface area contributed by atoms with Crippen molar-refractivity contribution in [1.82, 2.24) is 4.98 Å². The van der Waals surface area contributed by atoms with E-state index in [1.165, 1.54) is 18.2 Å². The van der Waals surface area contributed by atoms with Gasteiger partial charge in [0.15, 0.2) is 0 Å². The zero-order valence-electron chi connectivity index (χ0n) is 10.9. The van der Waals surface area contributed by atoms with E-state index in [4.69, 9.17) is 5.26 Å². The summed E-state index contributed by atoms with van der Waals surface area (Å²) >= 11 is 0. The van der Waals surface area contributed by atoms with Gasteiger partial charge in [-0.3, -0.25) is 4.98 Å². The van der Waals surface area contributed by atoms with Gasteiger partial charge in [-0.1, -0.05) is 13.0 Å². The molecule has 5 heteroatoms. The summed E-state index contributed by atoms with van der Waals surface area (Å²) in [5, 5.41) is 12.1. The molecule has 0 spiro atoms. The molecular weight excluding hydrogens is 260 g/mol. The average Bonchev–Trinajstić information content (AvgIpc) is 2.46. The topological polar surface area (TPSA) is 48.7 Å². The number of nitrogens with one attached hydrogen (secondary N) is 1. The Morgan fingerprint density at radius 3 is 2.70 bits per heavy atom. The quantitative estimate of drug-likeness (QED) is 0.921. The van der Waals surface area contributed by atoms with E-state index in [9.17, 15) is 8.78 Å². The Hall–Kier alpha value is -2.48. The Morgan fingerprint density at radius 2 is 2.10 bits per heavy atom. The summed E-state index contributed by atoms with van der Waals surface area (Å²) in [5.41, 5.74) is 1.01. The molecule has 0 bridgehead atoms. The molecule has 1 aromatic carbocycles. The number of hydrogen-bond acceptors (Lipinski definition) is 3. The van der Waals surface area contributed by atoms with Crippen molar-refractivity contribution >= 4 is 5.69 Å². The van der Waals surface area contributed by atoms with Crippen molar-refractivity contribution in [1.29, 1.82) is 5.26 Å². The molecule has 1 aromatic heterocycles. The predicted molar refractivity (Wildman–Crippen MR) is 72.0 cm³/mol. The van der Waals surface area contributed by atoms with Crippen LogP contribution in [0.25, 0.3) is 0 Å². The molecule has 1 N–H and O–H groups in total. The van der Waals surface area contributed by atoms with Gasteiger partial charge in [0.2, 0.25) is 0 Å². The van der Waals surface area contributed by atoms with Gasteiger partial charge in [-0.2, -0.15) is 5.26 Å². The van der Waals surface area contributed by atoms with Crippen molar-refractivity contribution in [2.24, 2.45) is 0 Å². The maximum Gasteiger partial charge on any atom is 0.143 e. The van der Waals surface area contributed by atoms with Gasteiger partial charge in [-0.15, -0.1) is 0 Å². The summed E-state index contributed by atoms with van der Waals surface area (Å²) in [6.45, 7) is 1.92. The first-order chi connectivity index (χ1) is 9.65. The zero-order chi connectivity index (χ0) is 14.5. The number of rotatable bonds is 4. The largest absolute Gasteiger partial charge is 0.376 e. The fourth-order valence-corrected chi connectivity index (χ4v) is 1.92. The summed E-state index contributed by atoms with van der Waals surface area (Å²) in [5.74, 6) is -0.980. The summed E-state index contributed by atoms with van der Waals surface area (Å²) in [6.07, 6.45) is 1.80. The van der Waals surface area contributed by atoms with Crippen molar-refractivity contribution in [3.8, 4) is 6.07 Å². The highest BCUT2D eigenvalue weighted by atomic mass is 19.1. The number of anilines is 1. The Kier molecular flexibility index (Phi) is 4.26. The van der Waals surface area contributed by atoms with Gasteiger partial charge < -0.3 is 5.32 Å². The van der Waals surface area contributed by atoms with Crippen molar-refractivity contribution in [3.63, 3.8) is 0 Å². The van der Waals surface area contributed by atoms with E-state index in [0.717, 1.165) is 6.20 Å². The van der Waals surface area contributed by atoms with Crippen LogP contribution in [-0.4, -0.2) is 4.98 Å². The van der Waals surface area contributed by atoms with Crippen molar-refractivity contribution in [3.05, 3.63) is 59.4 Å². The Balaban J connectivity index is 2.30. The van der Waals surface area contributed by atoms with E-state index in [-0.39, 0.29) is 11.6 Å². The number of aromatic nitrogens is 1. The highest BCUT2D eigenvalue weighted by molar-refractivity contribution is 5.58. The number of nitrogens with zero attached hydrogens (tertiary/aromatic N) is 2. The van der Waals surface area contributed by atoms with Gasteiger partial charge in [0.05, 0.1) is 23.6 Å². The van der Waals surface area contributed by atoms with Crippen LogP contribution < -0.4 is 5.32 Å². The molecule has 102 valence electrons. The molecule has 0 saturated heterocycles. The molecule has 3 nitrogen and oxygen atoms in total. The first-order valence-electron chi connectivity index (χ1n) is 6.22. The zero-order valence-corrected chi connectivity index (χ0v) is 10.9. The number of benzene rings is 1. The summed E-state index contributed by atoms with van der Waals surface area (Å²) in [4.78, 5) is 4.01. The minimum Gasteiger partial charge on any atom is -0.376 e. The summed E-state index contributed by atoms with van der Waals surface area (Å²) in [6, 6.07) is 8.91. The molecule has 0 amide bonds. The smallest absolute Gasteiger partial charge is 0.143 e. The molecule has 0 fully saturated rings. The van der Waals surface area contributed by atoms with E-state index in [1.807, 2.05) is 13.0 Å². The molecule has 1 unspecified atom stereocenters. The van der Waals surface area contributed by atoms with Gasteiger partial charge in [-0.25, -0.2) is 8.78 Å². The number of nitriles is 1. The Labute approximate surface area is 115 Å². The second kappa shape index (κ2) is 6.11. The molecule has 1 heterocycles.